The molecule has 0 spiro atoms. The van der Waals surface area contributed by atoms with Crippen molar-refractivity contribution in [1.29, 1.82) is 5.26 Å². The molecule has 1 aromatic heterocycles. The van der Waals surface area contributed by atoms with E-state index in [1.54, 1.807) is 13.0 Å². The van der Waals surface area contributed by atoms with Crippen LogP contribution in [0.4, 0.5) is 8.78 Å². The van der Waals surface area contributed by atoms with Gasteiger partial charge in [-0.1, -0.05) is 0 Å². The van der Waals surface area contributed by atoms with Gasteiger partial charge in [0.2, 0.25) is 0 Å². The summed E-state index contributed by atoms with van der Waals surface area (Å²) in [4.78, 5) is 3.76. The molecule has 0 saturated heterocycles. The molecule has 5 heteroatoms. The minimum atomic E-state index is -2.64. The molecule has 0 saturated carbocycles. The summed E-state index contributed by atoms with van der Waals surface area (Å²) in [6.07, 6.45) is -1.59. The molecule has 1 rings (SSSR count). The van der Waals surface area contributed by atoms with E-state index in [-0.39, 0.29) is 11.1 Å². The van der Waals surface area contributed by atoms with Gasteiger partial charge in [-0.15, -0.1) is 0 Å². The van der Waals surface area contributed by atoms with Gasteiger partial charge in [0, 0.05) is 6.20 Å². The smallest absolute Gasteiger partial charge is 0.249 e. The molecular formula is C8H5F2IN2. The summed E-state index contributed by atoms with van der Waals surface area (Å²) in [5.41, 5.74) is 0.260. The van der Waals surface area contributed by atoms with Gasteiger partial charge in [-0.05, 0) is 35.1 Å². The molecule has 13 heavy (non-hydrogen) atoms. The third kappa shape index (κ3) is 1.94. The van der Waals surface area contributed by atoms with Crippen LogP contribution in [0.3, 0.4) is 0 Å². The van der Waals surface area contributed by atoms with Crippen LogP contribution in [0.1, 0.15) is 23.1 Å². The average Bonchev–Trinajstić information content (AvgIpc) is 2.09. The Morgan fingerprint density at radius 1 is 1.62 bits per heavy atom. The lowest BCUT2D eigenvalue weighted by Crippen LogP contribution is -1.98. The normalized spacial score (nSPS) is 10.2. The molecule has 0 bridgehead atoms. The maximum Gasteiger partial charge on any atom is 0.266 e. The van der Waals surface area contributed by atoms with Crippen LogP contribution in [0.2, 0.25) is 0 Å². The van der Waals surface area contributed by atoms with Gasteiger partial charge in [0.1, 0.15) is 9.77 Å². The number of rotatable bonds is 1. The van der Waals surface area contributed by atoms with E-state index >= 15 is 0 Å². The quantitative estimate of drug-likeness (QED) is 0.590. The number of halogens is 3. The Morgan fingerprint density at radius 2 is 2.23 bits per heavy atom. The standard InChI is InChI=1S/C8H5F2IN2/c1-4-5(2-12)6(7(9)10)3-13-8(4)11/h3,7H,1H3. The third-order valence-electron chi connectivity index (χ3n) is 1.64. The minimum Gasteiger partial charge on any atom is -0.249 e. The Kier molecular flexibility index (Phi) is 3.14. The summed E-state index contributed by atoms with van der Waals surface area (Å²) in [5, 5.41) is 8.66. The van der Waals surface area contributed by atoms with Crippen LogP contribution in [-0.4, -0.2) is 4.98 Å². The van der Waals surface area contributed by atoms with Crippen molar-refractivity contribution in [2.45, 2.75) is 13.3 Å². The Bertz CT molecular complexity index is 371. The molecular weight excluding hydrogens is 289 g/mol. The average molecular weight is 294 g/mol. The molecule has 0 aliphatic carbocycles. The van der Waals surface area contributed by atoms with Crippen LogP contribution in [0.5, 0.6) is 0 Å². The summed E-state index contributed by atoms with van der Waals surface area (Å²) in [6.45, 7) is 1.61. The fourth-order valence-electron chi connectivity index (χ4n) is 0.921. The monoisotopic (exact) mass is 294 g/mol. The lowest BCUT2D eigenvalue weighted by molar-refractivity contribution is 0.150. The fourth-order valence-corrected chi connectivity index (χ4v) is 1.33. The number of nitrogens with zero attached hydrogens (tertiary/aromatic N) is 2. The third-order valence-corrected chi connectivity index (χ3v) is 2.72. The first-order valence-electron chi connectivity index (χ1n) is 3.41. The van der Waals surface area contributed by atoms with Crippen molar-refractivity contribution in [3.05, 3.63) is 26.6 Å². The van der Waals surface area contributed by atoms with Crippen molar-refractivity contribution < 1.29 is 8.78 Å². The highest BCUT2D eigenvalue weighted by Gasteiger charge is 2.16. The topological polar surface area (TPSA) is 36.7 Å². The van der Waals surface area contributed by atoms with Gasteiger partial charge >= 0.3 is 0 Å². The van der Waals surface area contributed by atoms with Gasteiger partial charge in [0.05, 0.1) is 11.1 Å². The molecule has 0 N–H and O–H groups in total. The van der Waals surface area contributed by atoms with E-state index in [1.807, 2.05) is 22.6 Å². The number of aromatic nitrogens is 1. The predicted molar refractivity (Wildman–Crippen MR) is 51.4 cm³/mol. The lowest BCUT2D eigenvalue weighted by atomic mass is 10.1. The largest absolute Gasteiger partial charge is 0.266 e. The van der Waals surface area contributed by atoms with E-state index in [0.717, 1.165) is 6.20 Å². The van der Waals surface area contributed by atoms with Crippen LogP contribution in [0.25, 0.3) is 0 Å². The summed E-state index contributed by atoms with van der Waals surface area (Å²) < 4.78 is 25.2. The number of nitriles is 1. The number of pyridine rings is 1. The summed E-state index contributed by atoms with van der Waals surface area (Å²) in [7, 11) is 0. The predicted octanol–water partition coefficient (Wildman–Crippen LogP) is 2.80. The highest BCUT2D eigenvalue weighted by molar-refractivity contribution is 14.1. The van der Waals surface area contributed by atoms with E-state index in [4.69, 9.17) is 5.26 Å². The highest BCUT2D eigenvalue weighted by Crippen LogP contribution is 2.25. The van der Waals surface area contributed by atoms with Gasteiger partial charge in [-0.2, -0.15) is 5.26 Å². The zero-order valence-corrected chi connectivity index (χ0v) is 8.84. The van der Waals surface area contributed by atoms with E-state index in [1.165, 1.54) is 0 Å². The highest BCUT2D eigenvalue weighted by atomic mass is 127. The Labute approximate surface area is 87.7 Å². The van der Waals surface area contributed by atoms with E-state index in [9.17, 15) is 8.78 Å². The lowest BCUT2D eigenvalue weighted by Gasteiger charge is -2.05. The first-order valence-corrected chi connectivity index (χ1v) is 4.49. The molecule has 0 aliphatic rings. The Morgan fingerprint density at radius 3 is 2.69 bits per heavy atom. The van der Waals surface area contributed by atoms with Crippen molar-refractivity contribution in [2.24, 2.45) is 0 Å². The molecule has 2 nitrogen and oxygen atoms in total. The summed E-state index contributed by atoms with van der Waals surface area (Å²) in [6, 6.07) is 1.76. The van der Waals surface area contributed by atoms with Gasteiger partial charge in [-0.3, -0.25) is 0 Å². The van der Waals surface area contributed by atoms with Crippen molar-refractivity contribution in [3.8, 4) is 6.07 Å². The Hall–Kier alpha value is -0.770. The molecule has 68 valence electrons. The maximum absolute atomic E-state index is 12.3. The summed E-state index contributed by atoms with van der Waals surface area (Å²) >= 11 is 1.91. The molecule has 0 amide bonds. The molecule has 0 radical (unpaired) electrons. The van der Waals surface area contributed by atoms with Crippen molar-refractivity contribution in [3.63, 3.8) is 0 Å². The SMILES string of the molecule is Cc1c(I)ncc(C(F)F)c1C#N. The van der Waals surface area contributed by atoms with Gasteiger partial charge in [0.15, 0.2) is 0 Å². The number of hydrogen-bond acceptors (Lipinski definition) is 2. The van der Waals surface area contributed by atoms with E-state index in [0.29, 0.717) is 9.26 Å². The molecule has 0 atom stereocenters. The molecule has 0 fully saturated rings. The number of hydrogen-bond donors (Lipinski definition) is 0. The number of alkyl halides is 2. The van der Waals surface area contributed by atoms with Crippen LogP contribution >= 0.6 is 22.6 Å². The minimum absolute atomic E-state index is 0.0365. The van der Waals surface area contributed by atoms with Crippen LogP contribution in [0, 0.1) is 22.0 Å². The van der Waals surface area contributed by atoms with Gasteiger partial charge < -0.3 is 0 Å². The molecule has 1 aromatic rings. The van der Waals surface area contributed by atoms with Crippen LogP contribution < -0.4 is 0 Å². The zero-order valence-electron chi connectivity index (χ0n) is 6.68. The second-order valence-electron chi connectivity index (χ2n) is 2.42. The van der Waals surface area contributed by atoms with E-state index < -0.39 is 6.43 Å². The first kappa shape index (κ1) is 10.3. The molecule has 1 heterocycles. The first-order chi connectivity index (χ1) is 6.07. The van der Waals surface area contributed by atoms with Crippen LogP contribution in [-0.2, 0) is 0 Å². The second kappa shape index (κ2) is 3.96. The maximum atomic E-state index is 12.3. The van der Waals surface area contributed by atoms with Crippen molar-refractivity contribution >= 4 is 22.6 Å². The molecule has 0 aliphatic heterocycles. The van der Waals surface area contributed by atoms with Crippen molar-refractivity contribution in [1.82, 2.24) is 4.98 Å². The summed E-state index contributed by atoms with van der Waals surface area (Å²) in [5.74, 6) is 0. The van der Waals surface area contributed by atoms with Crippen LogP contribution in [0.15, 0.2) is 6.20 Å². The fraction of sp³-hybridized carbons (Fsp3) is 0.250. The zero-order chi connectivity index (χ0) is 10.0. The molecule has 0 unspecified atom stereocenters. The van der Waals surface area contributed by atoms with Gasteiger partial charge in [0.25, 0.3) is 6.43 Å². The second-order valence-corrected chi connectivity index (χ2v) is 3.44. The Balaban J connectivity index is 3.41. The van der Waals surface area contributed by atoms with Gasteiger partial charge in [-0.25, -0.2) is 13.8 Å². The van der Waals surface area contributed by atoms with Crippen molar-refractivity contribution in [2.75, 3.05) is 0 Å². The van der Waals surface area contributed by atoms with E-state index in [2.05, 4.69) is 4.98 Å². The molecule has 0 aromatic carbocycles.